The highest BCUT2D eigenvalue weighted by Gasteiger charge is 2.37. The molecule has 5 heterocycles. The molecule has 0 radical (unpaired) electrons. The van der Waals surface area contributed by atoms with Gasteiger partial charge in [0.25, 0.3) is 5.56 Å². The van der Waals surface area contributed by atoms with Gasteiger partial charge in [-0.3, -0.25) is 4.79 Å². The van der Waals surface area contributed by atoms with Crippen LogP contribution in [0.4, 0.5) is 5.95 Å². The fourth-order valence-electron chi connectivity index (χ4n) is 5.02. The van der Waals surface area contributed by atoms with E-state index in [0.717, 1.165) is 36.8 Å². The number of anilines is 1. The van der Waals surface area contributed by atoms with E-state index in [9.17, 15) is 4.79 Å². The number of hydrogen-bond acceptors (Lipinski definition) is 6. The maximum absolute atomic E-state index is 13.3. The minimum absolute atomic E-state index is 0.0454. The van der Waals surface area contributed by atoms with Gasteiger partial charge < -0.3 is 14.0 Å². The number of fused-ring (bicyclic) bond motifs is 4. The molecule has 2 bridgehead atoms. The summed E-state index contributed by atoms with van der Waals surface area (Å²) in [5.74, 6) is 2.08. The Labute approximate surface area is 178 Å². The zero-order chi connectivity index (χ0) is 20.9. The number of imidazole rings is 1. The van der Waals surface area contributed by atoms with Gasteiger partial charge in [-0.15, -0.1) is 0 Å². The van der Waals surface area contributed by atoms with Crippen molar-refractivity contribution in [3.05, 3.63) is 70.9 Å². The van der Waals surface area contributed by atoms with E-state index in [-0.39, 0.29) is 11.5 Å². The molecule has 0 unspecified atom stereocenters. The summed E-state index contributed by atoms with van der Waals surface area (Å²) in [4.78, 5) is 19.9. The molecule has 0 amide bonds. The quantitative estimate of drug-likeness (QED) is 0.509. The summed E-state index contributed by atoms with van der Waals surface area (Å²) in [5, 5.41) is 12.5. The molecule has 1 saturated heterocycles. The molecule has 2 aliphatic heterocycles. The monoisotopic (exact) mass is 414 g/mol. The van der Waals surface area contributed by atoms with Crippen LogP contribution < -0.4 is 10.5 Å². The first-order valence-corrected chi connectivity index (χ1v) is 10.5. The third-order valence-corrected chi connectivity index (χ3v) is 6.40. The van der Waals surface area contributed by atoms with Gasteiger partial charge in [0.2, 0.25) is 5.95 Å². The molecule has 0 saturated carbocycles. The molecule has 4 aromatic rings. The van der Waals surface area contributed by atoms with E-state index in [1.165, 1.54) is 0 Å². The summed E-state index contributed by atoms with van der Waals surface area (Å²) in [5.41, 5.74) is 2.72. The number of piperidine rings is 1. The summed E-state index contributed by atoms with van der Waals surface area (Å²) in [6, 6.07) is 13.9. The van der Waals surface area contributed by atoms with E-state index in [2.05, 4.69) is 31.5 Å². The van der Waals surface area contributed by atoms with Crippen molar-refractivity contribution in [2.24, 2.45) is 13.0 Å². The van der Waals surface area contributed by atoms with E-state index < -0.39 is 0 Å². The SMILES string of the molecule is Cn1ccnc1-c1ccc2n(c1=O)C[C@H]1C[C@@H]2CN(c2nnnn2-c2ccccc2)C1. The highest BCUT2D eigenvalue weighted by atomic mass is 16.1. The lowest BCUT2D eigenvalue weighted by Crippen LogP contribution is -2.48. The van der Waals surface area contributed by atoms with Crippen LogP contribution >= 0.6 is 0 Å². The van der Waals surface area contributed by atoms with Gasteiger partial charge in [-0.25, -0.2) is 4.98 Å². The van der Waals surface area contributed by atoms with Crippen molar-refractivity contribution in [3.8, 4) is 17.1 Å². The number of hydrogen-bond donors (Lipinski definition) is 0. The van der Waals surface area contributed by atoms with Crippen molar-refractivity contribution in [2.45, 2.75) is 18.9 Å². The number of rotatable bonds is 3. The second-order valence-corrected chi connectivity index (χ2v) is 8.38. The first-order chi connectivity index (χ1) is 15.2. The van der Waals surface area contributed by atoms with Crippen LogP contribution in [0.3, 0.4) is 0 Å². The molecule has 9 heteroatoms. The van der Waals surface area contributed by atoms with Gasteiger partial charge in [0.1, 0.15) is 5.82 Å². The van der Waals surface area contributed by atoms with Crippen LogP contribution in [0.1, 0.15) is 18.0 Å². The van der Waals surface area contributed by atoms with Gasteiger partial charge in [-0.1, -0.05) is 23.3 Å². The number of benzene rings is 1. The van der Waals surface area contributed by atoms with Gasteiger partial charge in [-0.05, 0) is 47.0 Å². The summed E-state index contributed by atoms with van der Waals surface area (Å²) >= 11 is 0. The second-order valence-electron chi connectivity index (χ2n) is 8.38. The molecule has 6 rings (SSSR count). The summed E-state index contributed by atoms with van der Waals surface area (Å²) in [6.45, 7) is 2.31. The first kappa shape index (κ1) is 18.1. The summed E-state index contributed by atoms with van der Waals surface area (Å²) in [6.07, 6.45) is 4.66. The van der Waals surface area contributed by atoms with Crippen LogP contribution in [0, 0.1) is 5.92 Å². The second kappa shape index (κ2) is 6.90. The van der Waals surface area contributed by atoms with E-state index in [1.54, 1.807) is 10.9 Å². The van der Waals surface area contributed by atoms with Crippen molar-refractivity contribution in [1.82, 2.24) is 34.3 Å². The van der Waals surface area contributed by atoms with Gasteiger partial charge in [0, 0.05) is 50.7 Å². The highest BCUT2D eigenvalue weighted by molar-refractivity contribution is 5.55. The van der Waals surface area contributed by atoms with Crippen molar-refractivity contribution in [2.75, 3.05) is 18.0 Å². The van der Waals surface area contributed by atoms with Gasteiger partial charge in [0.05, 0.1) is 11.3 Å². The van der Waals surface area contributed by atoms with Crippen LogP contribution in [0.15, 0.2) is 59.7 Å². The Bertz CT molecular complexity index is 1300. The Morgan fingerprint density at radius 2 is 1.90 bits per heavy atom. The van der Waals surface area contributed by atoms with Crippen LogP contribution in [0.2, 0.25) is 0 Å². The van der Waals surface area contributed by atoms with Gasteiger partial charge >= 0.3 is 0 Å². The molecule has 0 aliphatic carbocycles. The smallest absolute Gasteiger partial charge is 0.261 e. The predicted octanol–water partition coefficient (Wildman–Crippen LogP) is 1.85. The highest BCUT2D eigenvalue weighted by Crippen LogP contribution is 2.37. The lowest BCUT2D eigenvalue weighted by molar-refractivity contribution is 0.279. The minimum atomic E-state index is 0.0454. The average Bonchev–Trinajstić information content (AvgIpc) is 3.44. The number of aryl methyl sites for hydroxylation is 1. The van der Waals surface area contributed by atoms with Crippen molar-refractivity contribution in [1.29, 1.82) is 0 Å². The Kier molecular flexibility index (Phi) is 4.02. The predicted molar refractivity (Wildman–Crippen MR) is 115 cm³/mol. The molecule has 31 heavy (non-hydrogen) atoms. The van der Waals surface area contributed by atoms with Crippen LogP contribution in [-0.2, 0) is 13.6 Å². The van der Waals surface area contributed by atoms with E-state index in [1.807, 2.05) is 58.8 Å². The Morgan fingerprint density at radius 1 is 1.03 bits per heavy atom. The third-order valence-electron chi connectivity index (χ3n) is 6.40. The number of tetrazole rings is 1. The standard InChI is InChI=1S/C22H22N8O/c1-27-10-9-23-20(27)18-7-8-19-16-11-15(13-29(19)21(18)31)12-28(14-16)22-24-25-26-30(22)17-5-3-2-4-6-17/h2-10,15-16H,11-14H2,1H3/t15-,16+/m0/s1. The Hall–Kier alpha value is -3.75. The van der Waals surface area contributed by atoms with Crippen LogP contribution in [0.5, 0.6) is 0 Å². The minimum Gasteiger partial charge on any atom is -0.338 e. The fourth-order valence-corrected chi connectivity index (χ4v) is 5.02. The summed E-state index contributed by atoms with van der Waals surface area (Å²) < 4.78 is 5.64. The van der Waals surface area contributed by atoms with Crippen molar-refractivity contribution < 1.29 is 0 Å². The molecule has 2 atom stereocenters. The Balaban J connectivity index is 1.35. The number of aromatic nitrogens is 7. The van der Waals surface area contributed by atoms with Crippen LogP contribution in [0.25, 0.3) is 17.1 Å². The van der Waals surface area contributed by atoms with Crippen molar-refractivity contribution in [3.63, 3.8) is 0 Å². The first-order valence-electron chi connectivity index (χ1n) is 10.5. The largest absolute Gasteiger partial charge is 0.338 e. The van der Waals surface area contributed by atoms with Gasteiger partial charge in [0.15, 0.2) is 0 Å². The molecule has 156 valence electrons. The molecular formula is C22H22N8O. The molecule has 0 N–H and O–H groups in total. The van der Waals surface area contributed by atoms with Crippen molar-refractivity contribution >= 4 is 5.95 Å². The van der Waals surface area contributed by atoms with Gasteiger partial charge in [-0.2, -0.15) is 4.68 Å². The molecule has 1 fully saturated rings. The molecule has 3 aromatic heterocycles. The summed E-state index contributed by atoms with van der Waals surface area (Å²) in [7, 11) is 1.91. The van der Waals surface area contributed by atoms with E-state index in [0.29, 0.717) is 23.9 Å². The zero-order valence-electron chi connectivity index (χ0n) is 17.2. The number of pyridine rings is 1. The Morgan fingerprint density at radius 3 is 2.71 bits per heavy atom. The zero-order valence-corrected chi connectivity index (χ0v) is 17.2. The molecule has 0 spiro atoms. The molecule has 1 aromatic carbocycles. The fraction of sp³-hybridized carbons (Fsp3) is 0.318. The van der Waals surface area contributed by atoms with E-state index in [4.69, 9.17) is 0 Å². The maximum Gasteiger partial charge on any atom is 0.261 e. The van der Waals surface area contributed by atoms with Crippen LogP contribution in [-0.4, -0.2) is 47.4 Å². The lowest BCUT2D eigenvalue weighted by atomic mass is 9.83. The third kappa shape index (κ3) is 2.88. The number of para-hydroxylation sites is 1. The maximum atomic E-state index is 13.3. The lowest BCUT2D eigenvalue weighted by Gasteiger charge is -2.42. The molecular weight excluding hydrogens is 392 g/mol. The topological polar surface area (TPSA) is 86.7 Å². The number of nitrogens with zero attached hydrogens (tertiary/aromatic N) is 8. The normalized spacial score (nSPS) is 20.0. The van der Waals surface area contributed by atoms with E-state index >= 15 is 0 Å². The molecule has 2 aliphatic rings. The molecule has 9 nitrogen and oxygen atoms in total. The average molecular weight is 414 g/mol.